The monoisotopic (exact) mass is 487 g/mol. The lowest BCUT2D eigenvalue weighted by atomic mass is 10.1. The maximum atomic E-state index is 12.8. The lowest BCUT2D eigenvalue weighted by Gasteiger charge is -2.26. The number of fused-ring (bicyclic) bond motifs is 1. The molecule has 0 aliphatic carbocycles. The van der Waals surface area contributed by atoms with Gasteiger partial charge in [0.05, 0.1) is 12.1 Å². The Balaban J connectivity index is 1.43. The van der Waals surface area contributed by atoms with Crippen LogP contribution in [0.5, 0.6) is 5.75 Å². The number of nitrogens with zero attached hydrogens (tertiary/aromatic N) is 1. The number of nitrogens with one attached hydrogen (secondary N) is 2. The molecule has 1 aliphatic heterocycles. The third kappa shape index (κ3) is 4.87. The topological polar surface area (TPSA) is 70.7 Å². The molecule has 0 saturated carbocycles. The molecule has 1 aromatic heterocycles. The van der Waals surface area contributed by atoms with E-state index < -0.39 is 5.91 Å². The molecule has 0 atom stereocenters. The number of likely N-dealkylation sites (tertiary alicyclic amines) is 1. The second-order valence-corrected chi connectivity index (χ2v) is 9.29. The Morgan fingerprint density at radius 3 is 2.66 bits per heavy atom. The Hall–Kier alpha value is -2.68. The summed E-state index contributed by atoms with van der Waals surface area (Å²) in [7, 11) is 1.59. The van der Waals surface area contributed by atoms with Gasteiger partial charge in [-0.25, -0.2) is 0 Å². The number of anilines is 1. The van der Waals surface area contributed by atoms with Gasteiger partial charge in [-0.2, -0.15) is 0 Å². The number of carbonyl (C=O) groups excluding carboxylic acids is 2. The van der Waals surface area contributed by atoms with E-state index in [1.807, 2.05) is 17.0 Å². The quantitative estimate of drug-likeness (QED) is 0.487. The molecular formula is C23H22ClN3O3S2. The standard InChI is InChI=1S/C23H22ClN3O3S2/c1-30-16-8-9-17-18(13-16)32-20(19(17)24)21(28)26-23(31)25-15-7-5-6-14(12-15)22(29)27-10-3-2-4-11-27/h5-9,12-13H,2-4,10-11H2,1H3,(H2,25,26,28,31). The lowest BCUT2D eigenvalue weighted by molar-refractivity contribution is 0.0724. The summed E-state index contributed by atoms with van der Waals surface area (Å²) in [5.41, 5.74) is 1.22. The summed E-state index contributed by atoms with van der Waals surface area (Å²) in [5.74, 6) is 0.308. The molecule has 4 rings (SSSR count). The van der Waals surface area contributed by atoms with E-state index in [4.69, 9.17) is 28.6 Å². The van der Waals surface area contributed by atoms with Crippen molar-refractivity contribution in [1.82, 2.24) is 10.2 Å². The molecular weight excluding hydrogens is 466 g/mol. The van der Waals surface area contributed by atoms with E-state index in [-0.39, 0.29) is 11.0 Å². The zero-order valence-corrected chi connectivity index (χ0v) is 19.8. The predicted octanol–water partition coefficient (Wildman–Crippen LogP) is 5.32. The number of halogens is 1. The number of hydrogen-bond donors (Lipinski definition) is 2. The molecule has 2 heterocycles. The van der Waals surface area contributed by atoms with Crippen molar-refractivity contribution in [3.8, 4) is 5.75 Å². The van der Waals surface area contributed by atoms with E-state index in [9.17, 15) is 9.59 Å². The Morgan fingerprint density at radius 2 is 1.91 bits per heavy atom. The van der Waals surface area contributed by atoms with E-state index in [1.165, 1.54) is 11.3 Å². The zero-order valence-electron chi connectivity index (χ0n) is 17.4. The van der Waals surface area contributed by atoms with E-state index in [1.54, 1.807) is 37.4 Å². The Morgan fingerprint density at radius 1 is 1.12 bits per heavy atom. The van der Waals surface area contributed by atoms with Gasteiger partial charge in [0, 0.05) is 34.4 Å². The fourth-order valence-electron chi connectivity index (χ4n) is 3.65. The largest absolute Gasteiger partial charge is 0.497 e. The van der Waals surface area contributed by atoms with Gasteiger partial charge < -0.3 is 15.0 Å². The fraction of sp³-hybridized carbons (Fsp3) is 0.261. The molecule has 2 amide bonds. The summed E-state index contributed by atoms with van der Waals surface area (Å²) >= 11 is 13.0. The first kappa shape index (κ1) is 22.5. The van der Waals surface area contributed by atoms with Crippen molar-refractivity contribution in [1.29, 1.82) is 0 Å². The minimum Gasteiger partial charge on any atom is -0.497 e. The van der Waals surface area contributed by atoms with Gasteiger partial charge >= 0.3 is 0 Å². The van der Waals surface area contributed by atoms with Crippen molar-refractivity contribution in [2.24, 2.45) is 0 Å². The first-order chi connectivity index (χ1) is 15.5. The zero-order chi connectivity index (χ0) is 22.7. The van der Waals surface area contributed by atoms with E-state index in [0.29, 0.717) is 26.9 Å². The molecule has 32 heavy (non-hydrogen) atoms. The van der Waals surface area contributed by atoms with Crippen LogP contribution in [0.25, 0.3) is 10.1 Å². The molecule has 0 spiro atoms. The molecule has 1 fully saturated rings. The van der Waals surface area contributed by atoms with Gasteiger partial charge in [0.1, 0.15) is 10.6 Å². The SMILES string of the molecule is COc1ccc2c(Cl)c(C(=O)NC(=S)Nc3cccc(C(=O)N4CCCCC4)c3)sc2c1. The highest BCUT2D eigenvalue weighted by Gasteiger charge is 2.20. The Labute approximate surface area is 200 Å². The van der Waals surface area contributed by atoms with Crippen molar-refractivity contribution in [3.63, 3.8) is 0 Å². The number of hydrogen-bond acceptors (Lipinski definition) is 5. The van der Waals surface area contributed by atoms with Gasteiger partial charge in [-0.05, 0) is 67.9 Å². The lowest BCUT2D eigenvalue weighted by Crippen LogP contribution is -2.36. The number of carbonyl (C=O) groups is 2. The maximum absolute atomic E-state index is 12.8. The Bertz CT molecular complexity index is 1190. The summed E-state index contributed by atoms with van der Waals surface area (Å²) in [4.78, 5) is 27.8. The van der Waals surface area contributed by atoms with Gasteiger partial charge in [-0.1, -0.05) is 17.7 Å². The molecule has 3 aromatic rings. The van der Waals surface area contributed by atoms with Crippen molar-refractivity contribution in [2.45, 2.75) is 19.3 Å². The highest BCUT2D eigenvalue weighted by Crippen LogP contribution is 2.37. The van der Waals surface area contributed by atoms with Crippen LogP contribution in [-0.2, 0) is 0 Å². The van der Waals surface area contributed by atoms with Crippen LogP contribution >= 0.6 is 35.2 Å². The normalized spacial score (nSPS) is 13.6. The Kier molecular flexibility index (Phi) is 6.93. The van der Waals surface area contributed by atoms with Crippen LogP contribution in [0, 0.1) is 0 Å². The van der Waals surface area contributed by atoms with Crippen LogP contribution in [0.3, 0.4) is 0 Å². The first-order valence-electron chi connectivity index (χ1n) is 10.2. The van der Waals surface area contributed by atoms with Crippen LogP contribution in [0.2, 0.25) is 5.02 Å². The predicted molar refractivity (Wildman–Crippen MR) is 133 cm³/mol. The van der Waals surface area contributed by atoms with E-state index >= 15 is 0 Å². The molecule has 166 valence electrons. The summed E-state index contributed by atoms with van der Waals surface area (Å²) in [6, 6.07) is 12.6. The first-order valence-corrected chi connectivity index (χ1v) is 11.8. The molecule has 6 nitrogen and oxygen atoms in total. The van der Waals surface area contributed by atoms with Crippen LogP contribution in [0.1, 0.15) is 39.3 Å². The number of methoxy groups -OCH3 is 1. The van der Waals surface area contributed by atoms with E-state index in [2.05, 4.69) is 10.6 Å². The number of ether oxygens (including phenoxy) is 1. The number of amides is 2. The molecule has 0 radical (unpaired) electrons. The van der Waals surface area contributed by atoms with Gasteiger partial charge in [0.25, 0.3) is 11.8 Å². The third-order valence-corrected chi connectivity index (χ3v) is 7.14. The number of thiocarbonyl (C=S) groups is 1. The van der Waals surface area contributed by atoms with Crippen LogP contribution < -0.4 is 15.4 Å². The molecule has 2 N–H and O–H groups in total. The molecule has 1 saturated heterocycles. The van der Waals surface area contributed by atoms with Crippen LogP contribution in [0.4, 0.5) is 5.69 Å². The van der Waals surface area contributed by atoms with E-state index in [0.717, 1.165) is 42.4 Å². The molecule has 0 bridgehead atoms. The maximum Gasteiger partial charge on any atom is 0.269 e. The van der Waals surface area contributed by atoms with Gasteiger partial charge in [-0.3, -0.25) is 14.9 Å². The van der Waals surface area contributed by atoms with Gasteiger partial charge in [0.2, 0.25) is 0 Å². The van der Waals surface area contributed by atoms with Crippen LogP contribution in [0.15, 0.2) is 42.5 Å². The number of thiophene rings is 1. The average Bonchev–Trinajstić information content (AvgIpc) is 3.15. The second-order valence-electron chi connectivity index (χ2n) is 7.45. The third-order valence-electron chi connectivity index (χ3n) is 5.28. The minimum atomic E-state index is -0.395. The van der Waals surface area contributed by atoms with Crippen LogP contribution in [-0.4, -0.2) is 42.0 Å². The summed E-state index contributed by atoms with van der Waals surface area (Å²) < 4.78 is 6.08. The van der Waals surface area contributed by atoms with Crippen molar-refractivity contribution in [3.05, 3.63) is 57.9 Å². The summed E-state index contributed by atoms with van der Waals surface area (Å²) in [6.07, 6.45) is 3.23. The summed E-state index contributed by atoms with van der Waals surface area (Å²) in [5, 5.41) is 6.94. The average molecular weight is 488 g/mol. The highest BCUT2D eigenvalue weighted by molar-refractivity contribution is 7.80. The molecule has 0 unspecified atom stereocenters. The second kappa shape index (κ2) is 9.85. The minimum absolute atomic E-state index is 0.00999. The number of rotatable bonds is 4. The highest BCUT2D eigenvalue weighted by atomic mass is 35.5. The molecule has 9 heteroatoms. The van der Waals surface area contributed by atoms with Crippen molar-refractivity contribution >= 4 is 67.9 Å². The molecule has 2 aromatic carbocycles. The number of benzene rings is 2. The molecule has 1 aliphatic rings. The number of piperidine rings is 1. The van der Waals surface area contributed by atoms with Crippen molar-refractivity contribution < 1.29 is 14.3 Å². The van der Waals surface area contributed by atoms with Gasteiger partial charge in [-0.15, -0.1) is 11.3 Å². The van der Waals surface area contributed by atoms with Gasteiger partial charge in [0.15, 0.2) is 5.11 Å². The van der Waals surface area contributed by atoms with Crippen molar-refractivity contribution in [2.75, 3.05) is 25.5 Å². The smallest absolute Gasteiger partial charge is 0.269 e. The summed E-state index contributed by atoms with van der Waals surface area (Å²) in [6.45, 7) is 1.57. The fourth-order valence-corrected chi connectivity index (χ4v) is 5.30.